The summed E-state index contributed by atoms with van der Waals surface area (Å²) in [5.74, 6) is -1.15. The zero-order valence-corrected chi connectivity index (χ0v) is 10.7. The Morgan fingerprint density at radius 2 is 2.00 bits per heavy atom. The Kier molecular flexibility index (Phi) is 4.04. The van der Waals surface area contributed by atoms with Gasteiger partial charge in [0.2, 0.25) is 0 Å². The van der Waals surface area contributed by atoms with Gasteiger partial charge in [0.25, 0.3) is 0 Å². The van der Waals surface area contributed by atoms with E-state index in [1.165, 1.54) is 0 Å². The van der Waals surface area contributed by atoms with Crippen molar-refractivity contribution in [1.82, 2.24) is 4.98 Å². The lowest BCUT2D eigenvalue weighted by atomic mass is 9.94. The SMILES string of the molecule is C[C@@H](c1cc[nH]c1)c1c(OC(F)F)ccc(F)c1Cl. The third-order valence-corrected chi connectivity index (χ3v) is 3.25. The molecule has 0 spiro atoms. The number of benzene rings is 1. The average molecular weight is 290 g/mol. The van der Waals surface area contributed by atoms with Gasteiger partial charge >= 0.3 is 6.61 Å². The van der Waals surface area contributed by atoms with Crippen LogP contribution in [0.25, 0.3) is 0 Å². The van der Waals surface area contributed by atoms with Crippen molar-refractivity contribution >= 4 is 11.6 Å². The number of nitrogens with one attached hydrogen (secondary N) is 1. The summed E-state index contributed by atoms with van der Waals surface area (Å²) in [6, 6.07) is 3.93. The van der Waals surface area contributed by atoms with Gasteiger partial charge in [0.05, 0.1) is 5.02 Å². The number of aromatic amines is 1. The van der Waals surface area contributed by atoms with Crippen molar-refractivity contribution < 1.29 is 17.9 Å². The van der Waals surface area contributed by atoms with Crippen molar-refractivity contribution in [2.24, 2.45) is 0 Å². The van der Waals surface area contributed by atoms with E-state index in [2.05, 4.69) is 9.72 Å². The Balaban J connectivity index is 2.49. The molecule has 2 nitrogen and oxygen atoms in total. The lowest BCUT2D eigenvalue weighted by Crippen LogP contribution is -2.08. The summed E-state index contributed by atoms with van der Waals surface area (Å²) in [6.45, 7) is -1.25. The Morgan fingerprint density at radius 1 is 1.26 bits per heavy atom. The molecule has 1 aromatic carbocycles. The van der Waals surface area contributed by atoms with Gasteiger partial charge in [-0.15, -0.1) is 0 Å². The van der Waals surface area contributed by atoms with Gasteiger partial charge < -0.3 is 9.72 Å². The molecule has 6 heteroatoms. The molecule has 2 aromatic rings. The highest BCUT2D eigenvalue weighted by Crippen LogP contribution is 2.38. The molecule has 102 valence electrons. The highest BCUT2D eigenvalue weighted by atomic mass is 35.5. The fourth-order valence-corrected chi connectivity index (χ4v) is 2.24. The van der Waals surface area contributed by atoms with E-state index >= 15 is 0 Å². The van der Waals surface area contributed by atoms with E-state index in [0.717, 1.165) is 17.7 Å². The minimum atomic E-state index is -2.99. The van der Waals surface area contributed by atoms with Crippen LogP contribution in [0.5, 0.6) is 5.75 Å². The first-order valence-electron chi connectivity index (χ1n) is 5.56. The maximum absolute atomic E-state index is 13.5. The average Bonchev–Trinajstić information content (AvgIpc) is 2.86. The van der Waals surface area contributed by atoms with E-state index in [-0.39, 0.29) is 22.3 Å². The molecule has 1 aromatic heterocycles. The van der Waals surface area contributed by atoms with Crippen LogP contribution in [0.3, 0.4) is 0 Å². The Morgan fingerprint density at radius 3 is 2.58 bits per heavy atom. The van der Waals surface area contributed by atoms with Gasteiger partial charge in [-0.1, -0.05) is 18.5 Å². The second-order valence-electron chi connectivity index (χ2n) is 4.02. The molecule has 0 radical (unpaired) electrons. The topological polar surface area (TPSA) is 25.0 Å². The highest BCUT2D eigenvalue weighted by molar-refractivity contribution is 6.31. The number of H-pyrrole nitrogens is 1. The van der Waals surface area contributed by atoms with Gasteiger partial charge in [0.15, 0.2) is 0 Å². The summed E-state index contributed by atoms with van der Waals surface area (Å²) >= 11 is 5.88. The van der Waals surface area contributed by atoms with Crippen LogP contribution >= 0.6 is 11.6 Å². The highest BCUT2D eigenvalue weighted by Gasteiger charge is 2.22. The minimum Gasteiger partial charge on any atom is -0.434 e. The van der Waals surface area contributed by atoms with E-state index in [0.29, 0.717) is 0 Å². The van der Waals surface area contributed by atoms with Crippen LogP contribution in [0.15, 0.2) is 30.6 Å². The Labute approximate surface area is 113 Å². The molecule has 0 saturated carbocycles. The molecule has 1 N–H and O–H groups in total. The molecule has 0 bridgehead atoms. The monoisotopic (exact) mass is 289 g/mol. The van der Waals surface area contributed by atoms with Crippen LogP contribution < -0.4 is 4.74 Å². The molecule has 1 atom stereocenters. The van der Waals surface area contributed by atoms with Crippen LogP contribution in [0.2, 0.25) is 5.02 Å². The number of ether oxygens (including phenoxy) is 1. The predicted molar refractivity (Wildman–Crippen MR) is 66.4 cm³/mol. The molecule has 0 aliphatic carbocycles. The van der Waals surface area contributed by atoms with Gasteiger partial charge in [-0.25, -0.2) is 4.39 Å². The van der Waals surface area contributed by atoms with E-state index in [1.54, 1.807) is 25.4 Å². The fourth-order valence-electron chi connectivity index (χ4n) is 1.92. The maximum atomic E-state index is 13.5. The fraction of sp³-hybridized carbons (Fsp3) is 0.231. The normalized spacial score (nSPS) is 12.7. The molecule has 19 heavy (non-hydrogen) atoms. The number of halogens is 4. The molecule has 2 rings (SSSR count). The molecule has 0 aliphatic heterocycles. The molecule has 1 heterocycles. The lowest BCUT2D eigenvalue weighted by molar-refractivity contribution is -0.0505. The maximum Gasteiger partial charge on any atom is 0.387 e. The third-order valence-electron chi connectivity index (χ3n) is 2.86. The number of rotatable bonds is 4. The first kappa shape index (κ1) is 13.8. The van der Waals surface area contributed by atoms with Gasteiger partial charge in [-0.3, -0.25) is 0 Å². The zero-order chi connectivity index (χ0) is 14.0. The molecular formula is C13H11ClF3NO. The van der Waals surface area contributed by atoms with Crippen molar-refractivity contribution in [3.05, 3.63) is 52.6 Å². The quantitative estimate of drug-likeness (QED) is 0.877. The van der Waals surface area contributed by atoms with Crippen molar-refractivity contribution in [1.29, 1.82) is 0 Å². The van der Waals surface area contributed by atoms with Crippen LogP contribution in [-0.4, -0.2) is 11.6 Å². The first-order chi connectivity index (χ1) is 9.00. The van der Waals surface area contributed by atoms with Gasteiger partial charge in [0.1, 0.15) is 11.6 Å². The number of alkyl halides is 2. The summed E-state index contributed by atoms with van der Waals surface area (Å²) in [4.78, 5) is 2.85. The summed E-state index contributed by atoms with van der Waals surface area (Å²) in [7, 11) is 0. The van der Waals surface area contributed by atoms with Crippen LogP contribution in [0.1, 0.15) is 24.0 Å². The summed E-state index contributed by atoms with van der Waals surface area (Å²) < 4.78 is 42.7. The molecule has 0 unspecified atom stereocenters. The van der Waals surface area contributed by atoms with Crippen molar-refractivity contribution in [3.63, 3.8) is 0 Å². The van der Waals surface area contributed by atoms with Crippen LogP contribution in [-0.2, 0) is 0 Å². The predicted octanol–water partition coefficient (Wildman–Crippen LogP) is 4.56. The molecule has 0 saturated heterocycles. The van der Waals surface area contributed by atoms with E-state index in [4.69, 9.17) is 11.6 Å². The van der Waals surface area contributed by atoms with Gasteiger partial charge in [-0.05, 0) is 23.8 Å². The van der Waals surface area contributed by atoms with Crippen molar-refractivity contribution in [2.75, 3.05) is 0 Å². The number of hydrogen-bond donors (Lipinski definition) is 1. The summed E-state index contributed by atoms with van der Waals surface area (Å²) in [6.07, 6.45) is 3.38. The lowest BCUT2D eigenvalue weighted by Gasteiger charge is -2.18. The van der Waals surface area contributed by atoms with Crippen molar-refractivity contribution in [3.8, 4) is 5.75 Å². The largest absolute Gasteiger partial charge is 0.434 e. The van der Waals surface area contributed by atoms with Gasteiger partial charge in [-0.2, -0.15) is 8.78 Å². The number of aromatic nitrogens is 1. The molecule has 0 amide bonds. The third kappa shape index (κ3) is 2.87. The van der Waals surface area contributed by atoms with Crippen LogP contribution in [0, 0.1) is 5.82 Å². The Hall–Kier alpha value is -1.62. The minimum absolute atomic E-state index is 0.116. The summed E-state index contributed by atoms with van der Waals surface area (Å²) in [5, 5.41) is -0.202. The van der Waals surface area contributed by atoms with Crippen molar-refractivity contribution in [2.45, 2.75) is 19.5 Å². The van der Waals surface area contributed by atoms with E-state index in [1.807, 2.05) is 0 Å². The van der Waals surface area contributed by atoms with E-state index in [9.17, 15) is 13.2 Å². The molecular weight excluding hydrogens is 279 g/mol. The zero-order valence-electron chi connectivity index (χ0n) is 9.96. The first-order valence-corrected chi connectivity index (χ1v) is 5.94. The van der Waals surface area contributed by atoms with Crippen LogP contribution in [0.4, 0.5) is 13.2 Å². The number of hydrogen-bond acceptors (Lipinski definition) is 1. The summed E-state index contributed by atoms with van der Waals surface area (Å²) in [5.41, 5.74) is 1.01. The second kappa shape index (κ2) is 5.57. The second-order valence-corrected chi connectivity index (χ2v) is 4.40. The molecule has 0 fully saturated rings. The standard InChI is InChI=1S/C13H11ClF3NO/c1-7(8-4-5-18-6-8)11-10(19-13(16)17)3-2-9(15)12(11)14/h2-7,13,18H,1H3/t7-/m0/s1. The Bertz CT molecular complexity index is 557. The smallest absolute Gasteiger partial charge is 0.387 e. The van der Waals surface area contributed by atoms with E-state index < -0.39 is 12.4 Å². The van der Waals surface area contributed by atoms with Gasteiger partial charge in [0, 0.05) is 23.9 Å². The molecule has 0 aliphatic rings.